The van der Waals surface area contributed by atoms with Crippen LogP contribution in [0.5, 0.6) is 5.88 Å². The highest BCUT2D eigenvalue weighted by molar-refractivity contribution is 6.33. The predicted molar refractivity (Wildman–Crippen MR) is 117 cm³/mol. The Balaban J connectivity index is 1.47. The molecule has 1 N–H and O–H groups in total. The minimum atomic E-state index is -0.723. The normalized spacial score (nSPS) is 21.9. The summed E-state index contributed by atoms with van der Waals surface area (Å²) in [5, 5.41) is 3.11. The van der Waals surface area contributed by atoms with E-state index >= 15 is 4.39 Å². The number of aromatic nitrogens is 2. The first-order chi connectivity index (χ1) is 15.4. The molecule has 2 heterocycles. The van der Waals surface area contributed by atoms with E-state index in [2.05, 4.69) is 20.1 Å². The molecule has 2 atom stereocenters. The van der Waals surface area contributed by atoms with Crippen LogP contribution in [0.15, 0.2) is 24.5 Å². The van der Waals surface area contributed by atoms with Crippen LogP contribution < -0.4 is 10.1 Å². The molecule has 1 amide bonds. The first-order valence-electron chi connectivity index (χ1n) is 10.4. The summed E-state index contributed by atoms with van der Waals surface area (Å²) in [4.78, 5) is 25.3. The molecule has 1 aromatic carbocycles. The van der Waals surface area contributed by atoms with E-state index in [1.807, 2.05) is 13.8 Å². The first-order valence-corrected chi connectivity index (χ1v) is 10.8. The van der Waals surface area contributed by atoms with Gasteiger partial charge < -0.3 is 19.7 Å². The maximum absolute atomic E-state index is 15.1. The molecule has 1 saturated carbocycles. The second kappa shape index (κ2) is 9.17. The van der Waals surface area contributed by atoms with Crippen molar-refractivity contribution in [2.24, 2.45) is 11.8 Å². The van der Waals surface area contributed by atoms with Crippen LogP contribution in [0.1, 0.15) is 26.7 Å². The highest BCUT2D eigenvalue weighted by Crippen LogP contribution is 2.40. The van der Waals surface area contributed by atoms with Gasteiger partial charge in [-0.1, -0.05) is 17.7 Å². The van der Waals surface area contributed by atoms with Gasteiger partial charge in [-0.3, -0.25) is 0 Å². The van der Waals surface area contributed by atoms with Crippen LogP contribution >= 0.6 is 11.6 Å². The van der Waals surface area contributed by atoms with Crippen molar-refractivity contribution in [3.63, 3.8) is 0 Å². The van der Waals surface area contributed by atoms with E-state index in [0.29, 0.717) is 24.5 Å². The molecule has 168 valence electrons. The van der Waals surface area contributed by atoms with Gasteiger partial charge in [0.25, 0.3) is 5.88 Å². The standard InChI is InChI=1S/C22H23ClFN5O3/c1-12(2)31-22(30)29-9-13-4-5-14(10-29)19(13)32-21-18(24)20(26-11-27-21)28-17-7-6-15(25-3)8-16(17)23/h6-8,11-14,19H,4-5,9-10H2,1-2H3,(H,26,27,28). The molecule has 2 aliphatic rings. The van der Waals surface area contributed by atoms with Crippen molar-refractivity contribution in [1.29, 1.82) is 0 Å². The Labute approximate surface area is 190 Å². The van der Waals surface area contributed by atoms with Crippen LogP contribution in [0.4, 0.5) is 26.4 Å². The average molecular weight is 460 g/mol. The Kier molecular flexibility index (Phi) is 6.33. The van der Waals surface area contributed by atoms with Crippen molar-refractivity contribution in [3.05, 3.63) is 46.8 Å². The average Bonchev–Trinajstić information content (AvgIpc) is 2.98. The molecule has 8 nitrogen and oxygen atoms in total. The van der Waals surface area contributed by atoms with Gasteiger partial charge in [0.05, 0.1) is 23.4 Å². The van der Waals surface area contributed by atoms with E-state index in [1.54, 1.807) is 17.0 Å². The number of fused-ring (bicyclic) bond motifs is 2. The minimum Gasteiger partial charge on any atom is -0.471 e. The van der Waals surface area contributed by atoms with Gasteiger partial charge in [0.15, 0.2) is 11.5 Å². The summed E-state index contributed by atoms with van der Waals surface area (Å²) < 4.78 is 26.4. The van der Waals surface area contributed by atoms with Gasteiger partial charge in [-0.25, -0.2) is 14.6 Å². The molecule has 2 bridgehead atoms. The number of benzene rings is 1. The van der Waals surface area contributed by atoms with E-state index in [0.717, 1.165) is 12.8 Å². The zero-order valence-electron chi connectivity index (χ0n) is 17.7. The first kappa shape index (κ1) is 22.1. The Hall–Kier alpha value is -3.12. The van der Waals surface area contributed by atoms with Crippen molar-refractivity contribution in [3.8, 4) is 5.88 Å². The molecular formula is C22H23ClFN5O3. The number of hydrogen-bond acceptors (Lipinski definition) is 6. The van der Waals surface area contributed by atoms with Crippen molar-refractivity contribution < 1.29 is 18.7 Å². The number of rotatable bonds is 5. The summed E-state index contributed by atoms with van der Waals surface area (Å²) in [6, 6.07) is 4.65. The molecule has 0 radical (unpaired) electrons. The van der Waals surface area contributed by atoms with Gasteiger partial charge in [-0.15, -0.1) is 0 Å². The van der Waals surface area contributed by atoms with Gasteiger partial charge in [-0.2, -0.15) is 9.37 Å². The van der Waals surface area contributed by atoms with Crippen molar-refractivity contribution in [1.82, 2.24) is 14.9 Å². The van der Waals surface area contributed by atoms with Crippen LogP contribution in [0.25, 0.3) is 4.85 Å². The second-order valence-electron chi connectivity index (χ2n) is 8.26. The quantitative estimate of drug-likeness (QED) is 0.619. The Morgan fingerprint density at radius 2 is 2.03 bits per heavy atom. The van der Waals surface area contributed by atoms with Gasteiger partial charge >= 0.3 is 6.09 Å². The maximum Gasteiger partial charge on any atom is 0.410 e. The molecule has 1 saturated heterocycles. The fraction of sp³-hybridized carbons (Fsp3) is 0.455. The molecule has 1 aliphatic carbocycles. The second-order valence-corrected chi connectivity index (χ2v) is 8.67. The SMILES string of the molecule is [C-]#[N+]c1ccc(Nc2ncnc(OC3C4CCC3CN(C(=O)OC(C)C)C4)c2F)c(Cl)c1. The Morgan fingerprint density at radius 1 is 1.31 bits per heavy atom. The van der Waals surface area contributed by atoms with Crippen LogP contribution in [0.3, 0.4) is 0 Å². The zero-order valence-corrected chi connectivity index (χ0v) is 18.5. The molecule has 1 aliphatic heterocycles. The number of likely N-dealkylation sites (tertiary alicyclic amines) is 1. The number of piperidine rings is 1. The molecular weight excluding hydrogens is 437 g/mol. The van der Waals surface area contributed by atoms with E-state index in [-0.39, 0.29) is 46.9 Å². The summed E-state index contributed by atoms with van der Waals surface area (Å²) in [5.74, 6) is -0.780. The van der Waals surface area contributed by atoms with Gasteiger partial charge in [0.2, 0.25) is 5.82 Å². The highest BCUT2D eigenvalue weighted by atomic mass is 35.5. The molecule has 4 rings (SSSR count). The number of carbonyl (C=O) groups is 1. The summed E-state index contributed by atoms with van der Waals surface area (Å²) in [5.41, 5.74) is 0.798. The summed E-state index contributed by atoms with van der Waals surface area (Å²) in [6.45, 7) is 11.7. The van der Waals surface area contributed by atoms with Crippen LogP contribution in [0.2, 0.25) is 5.02 Å². The molecule has 2 unspecified atom stereocenters. The van der Waals surface area contributed by atoms with Crippen LogP contribution in [0, 0.1) is 24.2 Å². The fourth-order valence-corrected chi connectivity index (χ4v) is 4.47. The third-order valence-electron chi connectivity index (χ3n) is 5.68. The Bertz CT molecular complexity index is 1050. The molecule has 1 aromatic heterocycles. The van der Waals surface area contributed by atoms with E-state index in [1.165, 1.54) is 12.4 Å². The number of nitrogens with one attached hydrogen (secondary N) is 1. The lowest BCUT2D eigenvalue weighted by atomic mass is 9.95. The lowest BCUT2D eigenvalue weighted by Crippen LogP contribution is -2.50. The van der Waals surface area contributed by atoms with Gasteiger partial charge in [-0.05, 0) is 38.8 Å². The van der Waals surface area contributed by atoms with E-state index < -0.39 is 5.82 Å². The smallest absolute Gasteiger partial charge is 0.410 e. The molecule has 0 spiro atoms. The fourth-order valence-electron chi connectivity index (χ4n) is 4.24. The summed E-state index contributed by atoms with van der Waals surface area (Å²) in [7, 11) is 0. The molecule has 32 heavy (non-hydrogen) atoms. The van der Waals surface area contributed by atoms with E-state index in [4.69, 9.17) is 27.6 Å². The monoisotopic (exact) mass is 459 g/mol. The van der Waals surface area contributed by atoms with Crippen LogP contribution in [-0.4, -0.2) is 46.3 Å². The zero-order chi connectivity index (χ0) is 22.8. The molecule has 10 heteroatoms. The number of ether oxygens (including phenoxy) is 2. The predicted octanol–water partition coefficient (Wildman–Crippen LogP) is 5.20. The maximum atomic E-state index is 15.1. The summed E-state index contributed by atoms with van der Waals surface area (Å²) in [6.07, 6.45) is 2.26. The third kappa shape index (κ3) is 4.55. The van der Waals surface area contributed by atoms with Crippen molar-refractivity contribution in [2.45, 2.75) is 38.9 Å². The molecule has 2 aromatic rings. The summed E-state index contributed by atoms with van der Waals surface area (Å²) >= 11 is 6.18. The Morgan fingerprint density at radius 3 is 2.66 bits per heavy atom. The number of carbonyl (C=O) groups excluding carboxylic acids is 1. The van der Waals surface area contributed by atoms with E-state index in [9.17, 15) is 4.79 Å². The minimum absolute atomic E-state index is 0.0715. The number of anilines is 2. The lowest BCUT2D eigenvalue weighted by molar-refractivity contribution is 0.0139. The van der Waals surface area contributed by atoms with Crippen molar-refractivity contribution >= 4 is 34.9 Å². The molecule has 2 fully saturated rings. The number of hydrogen-bond donors (Lipinski definition) is 1. The number of nitrogens with zero attached hydrogens (tertiary/aromatic N) is 4. The van der Waals surface area contributed by atoms with Crippen molar-refractivity contribution in [2.75, 3.05) is 18.4 Å². The number of amides is 1. The topological polar surface area (TPSA) is 80.9 Å². The van der Waals surface area contributed by atoms with Gasteiger partial charge in [0, 0.05) is 24.9 Å². The van der Waals surface area contributed by atoms with Crippen LogP contribution in [-0.2, 0) is 4.74 Å². The lowest BCUT2D eigenvalue weighted by Gasteiger charge is -2.37. The number of halogens is 2. The van der Waals surface area contributed by atoms with Gasteiger partial charge in [0.1, 0.15) is 12.4 Å². The highest BCUT2D eigenvalue weighted by Gasteiger charge is 2.46. The third-order valence-corrected chi connectivity index (χ3v) is 5.99. The largest absolute Gasteiger partial charge is 0.471 e.